The molecule has 2 unspecified atom stereocenters. The smallest absolute Gasteiger partial charge is 0.251 e. The highest BCUT2D eigenvalue weighted by atomic mass is 35.5. The second-order valence-corrected chi connectivity index (χ2v) is 9.66. The summed E-state index contributed by atoms with van der Waals surface area (Å²) in [6.45, 7) is 2.32. The molecule has 3 N–H and O–H groups in total. The molecule has 0 heterocycles. The van der Waals surface area contributed by atoms with Crippen LogP contribution < -0.4 is 16.0 Å². The van der Waals surface area contributed by atoms with Crippen LogP contribution in [0, 0.1) is 17.3 Å². The topological polar surface area (TPSA) is 87.3 Å². The van der Waals surface area contributed by atoms with Gasteiger partial charge >= 0.3 is 0 Å². The molecule has 3 amide bonds. The number of hydrogen-bond acceptors (Lipinski definition) is 3. The Morgan fingerprint density at radius 1 is 1.00 bits per heavy atom. The van der Waals surface area contributed by atoms with Gasteiger partial charge < -0.3 is 16.0 Å². The van der Waals surface area contributed by atoms with Crippen molar-refractivity contribution in [3.05, 3.63) is 34.9 Å². The lowest BCUT2D eigenvalue weighted by molar-refractivity contribution is -0.153. The summed E-state index contributed by atoms with van der Waals surface area (Å²) in [5, 5.41) is 9.64. The van der Waals surface area contributed by atoms with Gasteiger partial charge in [-0.05, 0) is 74.6 Å². The summed E-state index contributed by atoms with van der Waals surface area (Å²) in [4.78, 5) is 37.0. The largest absolute Gasteiger partial charge is 0.354 e. The van der Waals surface area contributed by atoms with Gasteiger partial charge in [0.05, 0.1) is 5.41 Å². The maximum absolute atomic E-state index is 13.1. The van der Waals surface area contributed by atoms with E-state index < -0.39 is 0 Å². The van der Waals surface area contributed by atoms with Gasteiger partial charge in [-0.25, -0.2) is 0 Å². The molecule has 5 rings (SSSR count). The lowest BCUT2D eigenvalue weighted by Crippen LogP contribution is -2.65. The first-order valence-corrected chi connectivity index (χ1v) is 10.8. The van der Waals surface area contributed by atoms with E-state index in [9.17, 15) is 14.4 Å². The Bertz CT molecular complexity index is 809. The van der Waals surface area contributed by atoms with Gasteiger partial charge in [0.1, 0.15) is 0 Å². The summed E-state index contributed by atoms with van der Waals surface area (Å²) in [6, 6.07) is 6.70. The predicted octanol–water partition coefficient (Wildman–Crippen LogP) is 2.66. The maximum Gasteiger partial charge on any atom is 0.251 e. The van der Waals surface area contributed by atoms with Gasteiger partial charge in [0.15, 0.2) is 0 Å². The molecule has 2 atom stereocenters. The molecule has 0 saturated heterocycles. The van der Waals surface area contributed by atoms with Crippen molar-refractivity contribution >= 4 is 29.3 Å². The molecule has 4 aliphatic rings. The Balaban J connectivity index is 1.32. The van der Waals surface area contributed by atoms with E-state index in [2.05, 4.69) is 16.0 Å². The molecule has 1 aromatic carbocycles. The number of carbonyl (C=O) groups excluding carboxylic acids is 3. The van der Waals surface area contributed by atoms with E-state index in [1.807, 2.05) is 0 Å². The highest BCUT2D eigenvalue weighted by Crippen LogP contribution is 2.61. The Hall–Kier alpha value is -2.08. The van der Waals surface area contributed by atoms with Gasteiger partial charge in [-0.1, -0.05) is 11.6 Å². The molecule has 0 radical (unpaired) electrons. The van der Waals surface area contributed by atoms with Gasteiger partial charge in [0.25, 0.3) is 5.91 Å². The number of rotatable bonds is 6. The van der Waals surface area contributed by atoms with Crippen LogP contribution in [-0.4, -0.2) is 36.3 Å². The molecule has 0 spiro atoms. The predicted molar refractivity (Wildman–Crippen MR) is 110 cm³/mol. The van der Waals surface area contributed by atoms with Crippen molar-refractivity contribution in [2.75, 3.05) is 13.1 Å². The van der Waals surface area contributed by atoms with E-state index in [1.165, 1.54) is 6.42 Å². The summed E-state index contributed by atoms with van der Waals surface area (Å²) >= 11 is 5.84. The number of benzene rings is 1. The van der Waals surface area contributed by atoms with Crippen molar-refractivity contribution in [1.29, 1.82) is 0 Å². The minimum atomic E-state index is -0.382. The summed E-state index contributed by atoms with van der Waals surface area (Å²) in [6.07, 6.45) is 5.72. The van der Waals surface area contributed by atoms with Crippen LogP contribution in [0.5, 0.6) is 0 Å². The molecular weight excluding hydrogens is 390 g/mol. The van der Waals surface area contributed by atoms with Crippen molar-refractivity contribution < 1.29 is 14.4 Å². The second kappa shape index (κ2) is 7.63. The molecule has 4 saturated carbocycles. The number of nitrogens with one attached hydrogen (secondary N) is 3. The van der Waals surface area contributed by atoms with E-state index in [0.29, 0.717) is 35.5 Å². The third kappa shape index (κ3) is 4.13. The number of hydrogen-bond donors (Lipinski definition) is 3. The highest BCUT2D eigenvalue weighted by molar-refractivity contribution is 6.30. The quantitative estimate of drug-likeness (QED) is 0.622. The van der Waals surface area contributed by atoms with Crippen LogP contribution in [0.3, 0.4) is 0 Å². The summed E-state index contributed by atoms with van der Waals surface area (Å²) in [5.41, 5.74) is -0.0537. The number of amides is 3. The Labute approximate surface area is 176 Å². The van der Waals surface area contributed by atoms with Gasteiger partial charge in [-0.2, -0.15) is 0 Å². The first-order chi connectivity index (χ1) is 13.8. The lowest BCUT2D eigenvalue weighted by atomic mass is 9.46. The Morgan fingerprint density at radius 3 is 2.24 bits per heavy atom. The minimum absolute atomic E-state index is 0.00702. The van der Waals surface area contributed by atoms with Crippen molar-refractivity contribution in [2.45, 2.75) is 51.0 Å². The highest BCUT2D eigenvalue weighted by Gasteiger charge is 2.60. The summed E-state index contributed by atoms with van der Waals surface area (Å²) < 4.78 is 0. The third-order valence-electron chi connectivity index (χ3n) is 6.79. The van der Waals surface area contributed by atoms with Crippen LogP contribution in [0.4, 0.5) is 0 Å². The van der Waals surface area contributed by atoms with Gasteiger partial charge in [-0.3, -0.25) is 14.4 Å². The number of carbonyl (C=O) groups is 3. The summed E-state index contributed by atoms with van der Waals surface area (Å²) in [5.74, 6) is 0.904. The molecule has 4 bridgehead atoms. The zero-order valence-electron chi connectivity index (χ0n) is 16.7. The fraction of sp³-hybridized carbons (Fsp3) is 0.591. The van der Waals surface area contributed by atoms with Crippen molar-refractivity contribution in [2.24, 2.45) is 17.3 Å². The molecule has 4 aliphatic carbocycles. The molecule has 0 aliphatic heterocycles. The fourth-order valence-corrected chi connectivity index (χ4v) is 6.42. The molecule has 29 heavy (non-hydrogen) atoms. The molecule has 6 nitrogen and oxygen atoms in total. The molecule has 4 fully saturated rings. The van der Waals surface area contributed by atoms with Crippen molar-refractivity contribution in [3.63, 3.8) is 0 Å². The van der Waals surface area contributed by atoms with Crippen LogP contribution in [0.2, 0.25) is 5.02 Å². The minimum Gasteiger partial charge on any atom is -0.354 e. The SMILES string of the molecule is CC(=O)NC12CC3CC(C1)CC(C(=O)NCCNC(=O)c1ccc(Cl)cc1)(C3)C2. The number of halogens is 1. The fourth-order valence-electron chi connectivity index (χ4n) is 6.29. The lowest BCUT2D eigenvalue weighted by Gasteiger charge is -2.61. The first-order valence-electron chi connectivity index (χ1n) is 10.4. The second-order valence-electron chi connectivity index (χ2n) is 9.22. The van der Waals surface area contributed by atoms with E-state index >= 15 is 0 Å². The normalized spacial score (nSPS) is 31.9. The van der Waals surface area contributed by atoms with Crippen LogP contribution >= 0.6 is 11.6 Å². The Kier molecular flexibility index (Phi) is 5.32. The van der Waals surface area contributed by atoms with Gasteiger partial charge in [0, 0.05) is 36.1 Å². The van der Waals surface area contributed by atoms with E-state index in [0.717, 1.165) is 32.1 Å². The first kappa shape index (κ1) is 20.2. The standard InChI is InChI=1S/C22H28ClN3O3/c1-14(27)26-22-11-15-8-16(12-22)10-21(9-15,13-22)20(29)25-7-6-24-19(28)17-2-4-18(23)5-3-17/h2-5,15-16H,6-13H2,1H3,(H,24,28)(H,25,29)(H,26,27). The van der Waals surface area contributed by atoms with E-state index in [-0.39, 0.29) is 28.7 Å². The van der Waals surface area contributed by atoms with Gasteiger partial charge in [0.2, 0.25) is 11.8 Å². The molecular formula is C22H28ClN3O3. The van der Waals surface area contributed by atoms with Crippen LogP contribution in [0.1, 0.15) is 55.8 Å². The van der Waals surface area contributed by atoms with Gasteiger partial charge in [-0.15, -0.1) is 0 Å². The maximum atomic E-state index is 13.1. The van der Waals surface area contributed by atoms with Crippen LogP contribution in [0.15, 0.2) is 24.3 Å². The zero-order valence-corrected chi connectivity index (χ0v) is 17.5. The summed E-state index contributed by atoms with van der Waals surface area (Å²) in [7, 11) is 0. The molecule has 1 aromatic rings. The molecule has 156 valence electrons. The average Bonchev–Trinajstić information content (AvgIpc) is 2.63. The monoisotopic (exact) mass is 417 g/mol. The molecule has 0 aromatic heterocycles. The third-order valence-corrected chi connectivity index (χ3v) is 7.04. The average molecular weight is 418 g/mol. The van der Waals surface area contributed by atoms with Crippen LogP contribution in [-0.2, 0) is 9.59 Å². The van der Waals surface area contributed by atoms with E-state index in [4.69, 9.17) is 11.6 Å². The zero-order chi connectivity index (χ0) is 20.6. The Morgan fingerprint density at radius 2 is 1.62 bits per heavy atom. The molecule has 7 heteroatoms. The van der Waals surface area contributed by atoms with Crippen molar-refractivity contribution in [1.82, 2.24) is 16.0 Å². The van der Waals surface area contributed by atoms with E-state index in [1.54, 1.807) is 31.2 Å². The van der Waals surface area contributed by atoms with Crippen LogP contribution in [0.25, 0.3) is 0 Å². The van der Waals surface area contributed by atoms with Crippen molar-refractivity contribution in [3.8, 4) is 0 Å².